The highest BCUT2D eigenvalue weighted by atomic mass is 16.3. The van der Waals surface area contributed by atoms with Crippen LogP contribution in [-0.4, -0.2) is 23.2 Å². The number of hydrogen-bond acceptors (Lipinski definition) is 3. The van der Waals surface area contributed by atoms with Crippen molar-refractivity contribution >= 4 is 0 Å². The van der Waals surface area contributed by atoms with E-state index >= 15 is 0 Å². The fourth-order valence-corrected chi connectivity index (χ4v) is 2.06. The Kier molecular flexibility index (Phi) is 3.11. The Hall–Kier alpha value is -0.930. The fraction of sp³-hybridized carbons (Fsp3) is 0.545. The van der Waals surface area contributed by atoms with Gasteiger partial charge in [-0.1, -0.05) is 6.07 Å². The van der Waals surface area contributed by atoms with Gasteiger partial charge in [-0.05, 0) is 31.5 Å². The average Bonchev–Trinajstić information content (AvgIpc) is 2.30. The summed E-state index contributed by atoms with van der Waals surface area (Å²) < 4.78 is 0. The van der Waals surface area contributed by atoms with Crippen molar-refractivity contribution in [3.05, 3.63) is 30.1 Å². The molecule has 3 heteroatoms. The van der Waals surface area contributed by atoms with E-state index in [1.54, 1.807) is 6.20 Å². The number of nitrogens with one attached hydrogen (secondary N) is 1. The summed E-state index contributed by atoms with van der Waals surface area (Å²) in [6, 6.07) is 6.16. The topological polar surface area (TPSA) is 45.1 Å². The third-order valence-corrected chi connectivity index (χ3v) is 2.83. The molecule has 1 aromatic rings. The van der Waals surface area contributed by atoms with Crippen LogP contribution in [0.5, 0.6) is 0 Å². The Balaban J connectivity index is 2.15. The van der Waals surface area contributed by atoms with E-state index in [4.69, 9.17) is 0 Å². The van der Waals surface area contributed by atoms with Gasteiger partial charge in [0.2, 0.25) is 0 Å². The van der Waals surface area contributed by atoms with Crippen LogP contribution in [0.15, 0.2) is 24.4 Å². The molecule has 1 aliphatic rings. The molecule has 2 heterocycles. The molecule has 0 radical (unpaired) electrons. The van der Waals surface area contributed by atoms with Gasteiger partial charge in [-0.3, -0.25) is 4.98 Å². The van der Waals surface area contributed by atoms with Crippen LogP contribution in [0.4, 0.5) is 0 Å². The summed E-state index contributed by atoms with van der Waals surface area (Å²) in [4.78, 5) is 4.33. The van der Waals surface area contributed by atoms with Gasteiger partial charge in [-0.15, -0.1) is 0 Å². The van der Waals surface area contributed by atoms with Crippen molar-refractivity contribution in [3.8, 4) is 0 Å². The largest absolute Gasteiger partial charge is 0.396 e. The van der Waals surface area contributed by atoms with Gasteiger partial charge in [0.05, 0.1) is 11.7 Å². The minimum Gasteiger partial charge on any atom is -0.396 e. The second-order valence-corrected chi connectivity index (χ2v) is 3.77. The van der Waals surface area contributed by atoms with Crippen molar-refractivity contribution in [3.63, 3.8) is 0 Å². The predicted octanol–water partition coefficient (Wildman–Crippen LogP) is 1.11. The Morgan fingerprint density at radius 2 is 2.43 bits per heavy atom. The summed E-state index contributed by atoms with van der Waals surface area (Å²) in [6.45, 7) is 1.27. The van der Waals surface area contributed by atoms with Gasteiger partial charge in [0.25, 0.3) is 0 Å². The minimum atomic E-state index is 0.231. The van der Waals surface area contributed by atoms with E-state index in [9.17, 15) is 5.11 Å². The Labute approximate surface area is 84.2 Å². The average molecular weight is 192 g/mol. The first kappa shape index (κ1) is 9.62. The van der Waals surface area contributed by atoms with Gasteiger partial charge in [-0.25, -0.2) is 0 Å². The Morgan fingerprint density at radius 1 is 1.50 bits per heavy atom. The van der Waals surface area contributed by atoms with Crippen molar-refractivity contribution in [2.24, 2.45) is 5.92 Å². The molecular weight excluding hydrogens is 176 g/mol. The van der Waals surface area contributed by atoms with Gasteiger partial charge < -0.3 is 10.4 Å². The lowest BCUT2D eigenvalue weighted by atomic mass is 9.89. The molecule has 2 atom stereocenters. The molecule has 3 nitrogen and oxygen atoms in total. The highest BCUT2D eigenvalue weighted by Gasteiger charge is 2.25. The molecule has 0 amide bonds. The lowest BCUT2D eigenvalue weighted by molar-refractivity contribution is 0.158. The zero-order valence-corrected chi connectivity index (χ0v) is 8.19. The number of aliphatic hydroxyl groups is 1. The molecule has 0 aliphatic carbocycles. The van der Waals surface area contributed by atoms with Crippen LogP contribution >= 0.6 is 0 Å². The summed E-state index contributed by atoms with van der Waals surface area (Å²) in [5, 5.41) is 12.7. The molecule has 1 fully saturated rings. The lowest BCUT2D eigenvalue weighted by Gasteiger charge is -2.30. The summed E-state index contributed by atoms with van der Waals surface area (Å²) in [5.41, 5.74) is 1.05. The SMILES string of the molecule is OCC1CCCNC1c1ccccn1. The van der Waals surface area contributed by atoms with Gasteiger partial charge in [0.15, 0.2) is 0 Å². The van der Waals surface area contributed by atoms with Gasteiger partial charge in [0.1, 0.15) is 0 Å². The zero-order chi connectivity index (χ0) is 9.80. The Morgan fingerprint density at radius 3 is 3.14 bits per heavy atom. The normalized spacial score (nSPS) is 27.5. The summed E-state index contributed by atoms with van der Waals surface area (Å²) in [6.07, 6.45) is 4.04. The van der Waals surface area contributed by atoms with Crippen molar-refractivity contribution in [1.29, 1.82) is 0 Å². The first-order chi connectivity index (χ1) is 6.92. The highest BCUT2D eigenvalue weighted by molar-refractivity contribution is 5.10. The highest BCUT2D eigenvalue weighted by Crippen LogP contribution is 2.27. The molecule has 0 saturated carbocycles. The van der Waals surface area contributed by atoms with Crippen LogP contribution < -0.4 is 5.32 Å². The predicted molar refractivity (Wildman–Crippen MR) is 54.8 cm³/mol. The van der Waals surface area contributed by atoms with Gasteiger partial charge in [0, 0.05) is 18.7 Å². The standard InChI is InChI=1S/C11H16N2O/c14-8-9-4-3-7-13-11(9)10-5-1-2-6-12-10/h1-2,5-6,9,11,13-14H,3-4,7-8H2. The molecule has 0 aromatic carbocycles. The maximum Gasteiger partial charge on any atom is 0.0576 e. The van der Waals surface area contributed by atoms with E-state index in [0.717, 1.165) is 25.1 Å². The van der Waals surface area contributed by atoms with E-state index < -0.39 is 0 Å². The third-order valence-electron chi connectivity index (χ3n) is 2.83. The van der Waals surface area contributed by atoms with Crippen molar-refractivity contribution in [2.75, 3.05) is 13.2 Å². The molecule has 2 N–H and O–H groups in total. The van der Waals surface area contributed by atoms with Gasteiger partial charge in [-0.2, -0.15) is 0 Å². The Bertz CT molecular complexity index is 276. The van der Waals surface area contributed by atoms with Crippen molar-refractivity contribution in [2.45, 2.75) is 18.9 Å². The number of hydrogen-bond donors (Lipinski definition) is 2. The monoisotopic (exact) mass is 192 g/mol. The summed E-state index contributed by atoms with van der Waals surface area (Å²) >= 11 is 0. The zero-order valence-electron chi connectivity index (χ0n) is 8.19. The number of nitrogens with zero attached hydrogens (tertiary/aromatic N) is 1. The van der Waals surface area contributed by atoms with Gasteiger partial charge >= 0.3 is 0 Å². The molecule has 1 aromatic heterocycles. The molecule has 0 spiro atoms. The summed E-state index contributed by atoms with van der Waals surface area (Å²) in [5.74, 6) is 0.318. The fourth-order valence-electron chi connectivity index (χ4n) is 2.06. The maximum atomic E-state index is 9.25. The molecular formula is C11H16N2O. The molecule has 1 saturated heterocycles. The lowest BCUT2D eigenvalue weighted by Crippen LogP contribution is -2.36. The van der Waals surface area contributed by atoms with E-state index in [1.165, 1.54) is 0 Å². The third kappa shape index (κ3) is 1.94. The van der Waals surface area contributed by atoms with E-state index in [1.807, 2.05) is 18.2 Å². The first-order valence-corrected chi connectivity index (χ1v) is 5.17. The number of rotatable bonds is 2. The minimum absolute atomic E-state index is 0.231. The van der Waals surface area contributed by atoms with Crippen LogP contribution in [-0.2, 0) is 0 Å². The second kappa shape index (κ2) is 4.53. The number of piperidine rings is 1. The maximum absolute atomic E-state index is 9.25. The van der Waals surface area contributed by atoms with Crippen LogP contribution in [0.1, 0.15) is 24.6 Å². The molecule has 14 heavy (non-hydrogen) atoms. The molecule has 76 valence electrons. The smallest absolute Gasteiger partial charge is 0.0576 e. The molecule has 1 aliphatic heterocycles. The second-order valence-electron chi connectivity index (χ2n) is 3.77. The summed E-state index contributed by atoms with van der Waals surface area (Å²) in [7, 11) is 0. The first-order valence-electron chi connectivity index (χ1n) is 5.17. The van der Waals surface area contributed by atoms with Crippen molar-refractivity contribution in [1.82, 2.24) is 10.3 Å². The van der Waals surface area contributed by atoms with Crippen molar-refractivity contribution < 1.29 is 5.11 Å². The molecule has 2 unspecified atom stereocenters. The quantitative estimate of drug-likeness (QED) is 0.738. The van der Waals surface area contributed by atoms with E-state index in [-0.39, 0.29) is 12.6 Å². The molecule has 0 bridgehead atoms. The molecule has 2 rings (SSSR count). The van der Waals surface area contributed by atoms with Crippen LogP contribution in [0.25, 0.3) is 0 Å². The van der Waals surface area contributed by atoms with E-state index in [2.05, 4.69) is 10.3 Å². The number of pyridine rings is 1. The number of aromatic nitrogens is 1. The van der Waals surface area contributed by atoms with E-state index in [0.29, 0.717) is 5.92 Å². The van der Waals surface area contributed by atoms with Crippen LogP contribution in [0, 0.1) is 5.92 Å². The number of aliphatic hydroxyl groups excluding tert-OH is 1. The van der Waals surface area contributed by atoms with Crippen LogP contribution in [0.2, 0.25) is 0 Å². The van der Waals surface area contributed by atoms with Crippen LogP contribution in [0.3, 0.4) is 0 Å².